The maximum Gasteiger partial charge on any atom is 0.0705 e. The molecule has 0 bridgehead atoms. The quantitative estimate of drug-likeness (QED) is 0.607. The SMILES string of the molecule is Cc1ccc2cc(-c3ccc(C(C)C)cc3)ccc2n1. The molecule has 1 aromatic heterocycles. The highest BCUT2D eigenvalue weighted by molar-refractivity contribution is 5.84. The van der Waals surface area contributed by atoms with Crippen LogP contribution in [0.1, 0.15) is 31.0 Å². The van der Waals surface area contributed by atoms with Crippen LogP contribution in [0.3, 0.4) is 0 Å². The van der Waals surface area contributed by atoms with Crippen LogP contribution in [-0.2, 0) is 0 Å². The highest BCUT2D eigenvalue weighted by Gasteiger charge is 2.03. The largest absolute Gasteiger partial charge is 0.253 e. The number of hydrogen-bond donors (Lipinski definition) is 0. The van der Waals surface area contributed by atoms with Gasteiger partial charge in [0, 0.05) is 11.1 Å². The van der Waals surface area contributed by atoms with E-state index in [1.807, 2.05) is 6.92 Å². The first-order valence-corrected chi connectivity index (χ1v) is 7.11. The lowest BCUT2D eigenvalue weighted by Crippen LogP contribution is -1.87. The van der Waals surface area contributed by atoms with Gasteiger partial charge in [0.05, 0.1) is 5.52 Å². The first kappa shape index (κ1) is 12.9. The van der Waals surface area contributed by atoms with E-state index in [4.69, 9.17) is 0 Å². The molecule has 0 atom stereocenters. The average molecular weight is 261 g/mol. The third-order valence-electron chi connectivity index (χ3n) is 3.74. The molecular formula is C19H19N. The number of rotatable bonds is 2. The summed E-state index contributed by atoms with van der Waals surface area (Å²) in [6.07, 6.45) is 0. The van der Waals surface area contributed by atoms with Crippen molar-refractivity contribution in [2.75, 3.05) is 0 Å². The summed E-state index contributed by atoms with van der Waals surface area (Å²) in [6, 6.07) is 19.5. The second-order valence-electron chi connectivity index (χ2n) is 5.64. The molecule has 0 N–H and O–H groups in total. The van der Waals surface area contributed by atoms with Crippen LogP contribution in [0.25, 0.3) is 22.0 Å². The van der Waals surface area contributed by atoms with Gasteiger partial charge in [0.15, 0.2) is 0 Å². The zero-order chi connectivity index (χ0) is 14.1. The van der Waals surface area contributed by atoms with Gasteiger partial charge in [-0.25, -0.2) is 0 Å². The molecule has 0 unspecified atom stereocenters. The van der Waals surface area contributed by atoms with Gasteiger partial charge in [-0.3, -0.25) is 4.98 Å². The number of fused-ring (bicyclic) bond motifs is 1. The van der Waals surface area contributed by atoms with Gasteiger partial charge >= 0.3 is 0 Å². The van der Waals surface area contributed by atoms with Crippen LogP contribution in [0.15, 0.2) is 54.6 Å². The lowest BCUT2D eigenvalue weighted by molar-refractivity contribution is 0.867. The van der Waals surface area contributed by atoms with E-state index < -0.39 is 0 Å². The first-order chi connectivity index (χ1) is 9.63. The van der Waals surface area contributed by atoms with Crippen LogP contribution in [0, 0.1) is 6.92 Å². The van der Waals surface area contributed by atoms with E-state index in [1.165, 1.54) is 22.1 Å². The van der Waals surface area contributed by atoms with Crippen molar-refractivity contribution < 1.29 is 0 Å². The third kappa shape index (κ3) is 2.44. The molecule has 2 aromatic carbocycles. The summed E-state index contributed by atoms with van der Waals surface area (Å²) in [5, 5.41) is 1.20. The van der Waals surface area contributed by atoms with Gasteiger partial charge in [0.25, 0.3) is 0 Å². The number of hydrogen-bond acceptors (Lipinski definition) is 1. The fourth-order valence-electron chi connectivity index (χ4n) is 2.47. The van der Waals surface area contributed by atoms with Gasteiger partial charge in [0.1, 0.15) is 0 Å². The number of pyridine rings is 1. The summed E-state index contributed by atoms with van der Waals surface area (Å²) in [4.78, 5) is 4.55. The standard InChI is InChI=1S/C19H19N/c1-13(2)15-6-8-16(9-7-15)17-10-11-19-18(12-17)5-4-14(3)20-19/h4-13H,1-3H3. The van der Waals surface area contributed by atoms with Crippen molar-refractivity contribution in [3.63, 3.8) is 0 Å². The summed E-state index contributed by atoms with van der Waals surface area (Å²) in [6.45, 7) is 6.47. The molecule has 0 fully saturated rings. The van der Waals surface area contributed by atoms with Gasteiger partial charge in [-0.05, 0) is 47.7 Å². The van der Waals surface area contributed by atoms with Crippen LogP contribution >= 0.6 is 0 Å². The van der Waals surface area contributed by atoms with Crippen molar-refractivity contribution >= 4 is 10.9 Å². The number of benzene rings is 2. The van der Waals surface area contributed by atoms with Crippen molar-refractivity contribution in [2.45, 2.75) is 26.7 Å². The fraction of sp³-hybridized carbons (Fsp3) is 0.211. The molecule has 0 saturated heterocycles. The highest BCUT2D eigenvalue weighted by atomic mass is 14.7. The molecule has 1 heterocycles. The summed E-state index contributed by atoms with van der Waals surface area (Å²) in [5.74, 6) is 0.577. The lowest BCUT2D eigenvalue weighted by atomic mass is 9.98. The molecule has 3 rings (SSSR count). The van der Waals surface area contributed by atoms with Crippen LogP contribution in [-0.4, -0.2) is 4.98 Å². The molecule has 0 aliphatic carbocycles. The molecule has 1 heteroatoms. The average Bonchev–Trinajstić information content (AvgIpc) is 2.47. The summed E-state index contributed by atoms with van der Waals surface area (Å²) in [5.41, 5.74) is 6.02. The van der Waals surface area contributed by atoms with E-state index in [1.54, 1.807) is 0 Å². The Morgan fingerprint density at radius 1 is 0.800 bits per heavy atom. The maximum atomic E-state index is 4.55. The Balaban J connectivity index is 2.03. The minimum Gasteiger partial charge on any atom is -0.253 e. The Kier molecular flexibility index (Phi) is 3.27. The van der Waals surface area contributed by atoms with E-state index in [9.17, 15) is 0 Å². The fourth-order valence-corrected chi connectivity index (χ4v) is 2.47. The predicted octanol–water partition coefficient (Wildman–Crippen LogP) is 5.33. The van der Waals surface area contributed by atoms with Gasteiger partial charge in [-0.2, -0.15) is 0 Å². The van der Waals surface area contributed by atoms with E-state index in [0.29, 0.717) is 5.92 Å². The molecule has 0 aliphatic rings. The smallest absolute Gasteiger partial charge is 0.0705 e. The van der Waals surface area contributed by atoms with E-state index in [0.717, 1.165) is 11.2 Å². The van der Waals surface area contributed by atoms with E-state index in [2.05, 4.69) is 73.4 Å². The highest BCUT2D eigenvalue weighted by Crippen LogP contribution is 2.25. The lowest BCUT2D eigenvalue weighted by Gasteiger charge is -2.08. The molecule has 0 aliphatic heterocycles. The topological polar surface area (TPSA) is 12.9 Å². The molecule has 100 valence electrons. The Hall–Kier alpha value is -2.15. The first-order valence-electron chi connectivity index (χ1n) is 7.11. The molecule has 3 aromatic rings. The number of nitrogens with zero attached hydrogens (tertiary/aromatic N) is 1. The minimum atomic E-state index is 0.577. The zero-order valence-corrected chi connectivity index (χ0v) is 12.2. The molecule has 0 spiro atoms. The van der Waals surface area contributed by atoms with Crippen LogP contribution in [0.2, 0.25) is 0 Å². The van der Waals surface area contributed by atoms with Crippen molar-refractivity contribution in [1.82, 2.24) is 4.98 Å². The van der Waals surface area contributed by atoms with Gasteiger partial charge in [-0.1, -0.05) is 50.2 Å². The molecule has 0 saturated carbocycles. The van der Waals surface area contributed by atoms with Crippen LogP contribution in [0.5, 0.6) is 0 Å². The predicted molar refractivity (Wildman–Crippen MR) is 86.0 cm³/mol. The molecule has 20 heavy (non-hydrogen) atoms. The Bertz CT molecular complexity index is 739. The van der Waals surface area contributed by atoms with Gasteiger partial charge in [0.2, 0.25) is 0 Å². The van der Waals surface area contributed by atoms with E-state index in [-0.39, 0.29) is 0 Å². The normalized spacial score (nSPS) is 11.2. The maximum absolute atomic E-state index is 4.55. The molecule has 0 amide bonds. The second-order valence-corrected chi connectivity index (χ2v) is 5.64. The van der Waals surface area contributed by atoms with Crippen molar-refractivity contribution in [3.05, 3.63) is 65.9 Å². The monoisotopic (exact) mass is 261 g/mol. The minimum absolute atomic E-state index is 0.577. The van der Waals surface area contributed by atoms with Gasteiger partial charge < -0.3 is 0 Å². The Labute approximate surface area is 120 Å². The number of aromatic nitrogens is 1. The van der Waals surface area contributed by atoms with Gasteiger partial charge in [-0.15, -0.1) is 0 Å². The Morgan fingerprint density at radius 3 is 2.20 bits per heavy atom. The van der Waals surface area contributed by atoms with Crippen molar-refractivity contribution in [2.24, 2.45) is 0 Å². The van der Waals surface area contributed by atoms with Crippen LogP contribution < -0.4 is 0 Å². The van der Waals surface area contributed by atoms with Crippen molar-refractivity contribution in [3.8, 4) is 11.1 Å². The van der Waals surface area contributed by atoms with E-state index >= 15 is 0 Å². The molecule has 1 nitrogen and oxygen atoms in total. The number of aryl methyl sites for hydroxylation is 1. The molecule has 0 radical (unpaired) electrons. The molecular weight excluding hydrogens is 242 g/mol. The summed E-state index contributed by atoms with van der Waals surface area (Å²) >= 11 is 0. The zero-order valence-electron chi connectivity index (χ0n) is 12.2. The van der Waals surface area contributed by atoms with Crippen molar-refractivity contribution in [1.29, 1.82) is 0 Å². The summed E-state index contributed by atoms with van der Waals surface area (Å²) < 4.78 is 0. The second kappa shape index (κ2) is 5.09. The van der Waals surface area contributed by atoms with Crippen LogP contribution in [0.4, 0.5) is 0 Å². The Morgan fingerprint density at radius 2 is 1.50 bits per heavy atom. The summed E-state index contributed by atoms with van der Waals surface area (Å²) in [7, 11) is 0. The third-order valence-corrected chi connectivity index (χ3v) is 3.74.